The van der Waals surface area contributed by atoms with Crippen molar-refractivity contribution in [3.63, 3.8) is 0 Å². The number of phenols is 1. The minimum atomic E-state index is -0.612. The van der Waals surface area contributed by atoms with Crippen LogP contribution in [0, 0.1) is 0 Å². The molecule has 0 saturated carbocycles. The Kier molecular flexibility index (Phi) is 3.45. The van der Waals surface area contributed by atoms with Crippen LogP contribution in [0.25, 0.3) is 16.7 Å². The number of hydrogen-bond donors (Lipinski definition) is 1. The first kappa shape index (κ1) is 13.4. The summed E-state index contributed by atoms with van der Waals surface area (Å²) in [4.78, 5) is 12.0. The molecular formula is C14H10ClN3O3. The lowest BCUT2D eigenvalue weighted by molar-refractivity contribution is -0.113. The predicted molar refractivity (Wildman–Crippen MR) is 76.9 cm³/mol. The van der Waals surface area contributed by atoms with E-state index in [9.17, 15) is 9.90 Å². The van der Waals surface area contributed by atoms with Gasteiger partial charge in [-0.1, -0.05) is 12.1 Å². The lowest BCUT2D eigenvalue weighted by atomic mass is 10.3. The second-order valence-corrected chi connectivity index (χ2v) is 4.69. The average Bonchev–Trinajstić information content (AvgIpc) is 2.88. The van der Waals surface area contributed by atoms with Crippen LogP contribution in [0.2, 0.25) is 0 Å². The Morgan fingerprint density at radius 1 is 1.19 bits per heavy atom. The molecule has 0 radical (unpaired) electrons. The van der Waals surface area contributed by atoms with Gasteiger partial charge in [0.2, 0.25) is 0 Å². The van der Waals surface area contributed by atoms with Gasteiger partial charge >= 0.3 is 0 Å². The number of carbonyl (C=O) groups excluding carboxylic acids is 1. The molecule has 0 aliphatic rings. The van der Waals surface area contributed by atoms with Crippen molar-refractivity contribution in [3.05, 3.63) is 42.5 Å². The zero-order valence-electron chi connectivity index (χ0n) is 10.7. The molecule has 0 spiro atoms. The summed E-state index contributed by atoms with van der Waals surface area (Å²) in [6.45, 7) is -0.260. The van der Waals surface area contributed by atoms with Crippen LogP contribution < -0.4 is 4.74 Å². The van der Waals surface area contributed by atoms with Crippen LogP contribution >= 0.6 is 11.6 Å². The van der Waals surface area contributed by atoms with E-state index in [0.717, 1.165) is 11.0 Å². The minimum absolute atomic E-state index is 0.0603. The lowest BCUT2D eigenvalue weighted by Gasteiger charge is -2.06. The van der Waals surface area contributed by atoms with E-state index in [1.165, 1.54) is 10.9 Å². The van der Waals surface area contributed by atoms with Crippen molar-refractivity contribution in [2.24, 2.45) is 0 Å². The number of phenolic OH excluding ortho intramolecular Hbond substituents is 1. The number of aromatic nitrogens is 3. The summed E-state index contributed by atoms with van der Waals surface area (Å²) in [5.41, 5.74) is 1.87. The first-order valence-corrected chi connectivity index (χ1v) is 6.48. The first-order valence-electron chi connectivity index (χ1n) is 6.10. The highest BCUT2D eigenvalue weighted by Gasteiger charge is 2.10. The Hall–Kier alpha value is -2.60. The van der Waals surface area contributed by atoms with Crippen LogP contribution in [-0.4, -0.2) is 31.9 Å². The fraction of sp³-hybridized carbons (Fsp3) is 0.0714. The fourth-order valence-corrected chi connectivity index (χ4v) is 1.92. The SMILES string of the molecule is O=C(Cl)COc1ccc(-n2nc3ccccc3n2)c(O)c1. The largest absolute Gasteiger partial charge is 0.505 e. The summed E-state index contributed by atoms with van der Waals surface area (Å²) in [7, 11) is 0. The van der Waals surface area contributed by atoms with E-state index < -0.39 is 5.24 Å². The van der Waals surface area contributed by atoms with Crippen molar-refractivity contribution in [1.29, 1.82) is 0 Å². The normalized spacial score (nSPS) is 10.7. The standard InChI is InChI=1S/C14H10ClN3O3/c15-14(20)8-21-9-5-6-12(13(19)7-9)18-16-10-3-1-2-4-11(10)17-18/h1-7,19H,8H2. The molecule has 0 unspecified atom stereocenters. The third-order valence-electron chi connectivity index (χ3n) is 2.80. The molecule has 2 aromatic carbocycles. The predicted octanol–water partition coefficient (Wildman–Crippen LogP) is 2.27. The van der Waals surface area contributed by atoms with Crippen molar-refractivity contribution >= 4 is 27.9 Å². The van der Waals surface area contributed by atoms with Gasteiger partial charge in [0.25, 0.3) is 5.24 Å². The number of benzene rings is 2. The van der Waals surface area contributed by atoms with Crippen LogP contribution in [0.3, 0.4) is 0 Å². The Bertz CT molecular complexity index is 783. The third kappa shape index (κ3) is 2.80. The molecule has 0 aliphatic carbocycles. The molecule has 1 N–H and O–H groups in total. The first-order chi connectivity index (χ1) is 10.1. The smallest absolute Gasteiger partial charge is 0.259 e. The van der Waals surface area contributed by atoms with E-state index in [4.69, 9.17) is 16.3 Å². The van der Waals surface area contributed by atoms with Crippen molar-refractivity contribution in [3.8, 4) is 17.2 Å². The molecule has 0 saturated heterocycles. The quantitative estimate of drug-likeness (QED) is 0.748. The molecule has 0 fully saturated rings. The van der Waals surface area contributed by atoms with E-state index in [0.29, 0.717) is 11.4 Å². The van der Waals surface area contributed by atoms with Crippen molar-refractivity contribution < 1.29 is 14.6 Å². The van der Waals surface area contributed by atoms with E-state index in [1.54, 1.807) is 12.1 Å². The average molecular weight is 304 g/mol. The van der Waals surface area contributed by atoms with Crippen LogP contribution in [0.4, 0.5) is 0 Å². The number of carbonyl (C=O) groups is 1. The molecule has 0 atom stereocenters. The molecule has 3 rings (SSSR count). The van der Waals surface area contributed by atoms with E-state index in [-0.39, 0.29) is 12.4 Å². The highest BCUT2D eigenvalue weighted by molar-refractivity contribution is 6.63. The molecule has 3 aromatic rings. The maximum Gasteiger partial charge on any atom is 0.259 e. The van der Waals surface area contributed by atoms with Crippen LogP contribution in [-0.2, 0) is 4.79 Å². The van der Waals surface area contributed by atoms with Gasteiger partial charge < -0.3 is 9.84 Å². The van der Waals surface area contributed by atoms with Gasteiger partial charge in [0.1, 0.15) is 28.2 Å². The number of hydrogen-bond acceptors (Lipinski definition) is 5. The summed E-state index contributed by atoms with van der Waals surface area (Å²) >= 11 is 5.19. The highest BCUT2D eigenvalue weighted by Crippen LogP contribution is 2.26. The Balaban J connectivity index is 1.93. The van der Waals surface area contributed by atoms with Crippen LogP contribution in [0.15, 0.2) is 42.5 Å². The lowest BCUT2D eigenvalue weighted by Crippen LogP contribution is -2.05. The van der Waals surface area contributed by atoms with Gasteiger partial charge in [-0.2, -0.15) is 0 Å². The van der Waals surface area contributed by atoms with Gasteiger partial charge in [0.15, 0.2) is 6.61 Å². The Morgan fingerprint density at radius 3 is 2.43 bits per heavy atom. The second-order valence-electron chi connectivity index (χ2n) is 4.27. The summed E-state index contributed by atoms with van der Waals surface area (Å²) in [5, 5.41) is 18.0. The highest BCUT2D eigenvalue weighted by atomic mass is 35.5. The summed E-state index contributed by atoms with van der Waals surface area (Å²) in [6.07, 6.45) is 0. The van der Waals surface area contributed by atoms with Gasteiger partial charge in [-0.3, -0.25) is 4.79 Å². The summed E-state index contributed by atoms with van der Waals surface area (Å²) in [5.74, 6) is 0.275. The molecular weight excluding hydrogens is 294 g/mol. The van der Waals surface area contributed by atoms with Crippen LogP contribution in [0.1, 0.15) is 0 Å². The summed E-state index contributed by atoms with van der Waals surface area (Å²) in [6, 6.07) is 12.0. The van der Waals surface area contributed by atoms with E-state index in [1.807, 2.05) is 24.3 Å². The van der Waals surface area contributed by atoms with Crippen molar-refractivity contribution in [1.82, 2.24) is 15.0 Å². The van der Waals surface area contributed by atoms with Gasteiger partial charge in [0, 0.05) is 6.07 Å². The zero-order valence-corrected chi connectivity index (χ0v) is 11.5. The number of fused-ring (bicyclic) bond motifs is 1. The fourth-order valence-electron chi connectivity index (χ4n) is 1.87. The topological polar surface area (TPSA) is 77.2 Å². The Labute approximate surface area is 124 Å². The molecule has 6 nitrogen and oxygen atoms in total. The van der Waals surface area contributed by atoms with Gasteiger partial charge in [-0.05, 0) is 35.9 Å². The minimum Gasteiger partial charge on any atom is -0.505 e. The van der Waals surface area contributed by atoms with Crippen molar-refractivity contribution in [2.45, 2.75) is 0 Å². The second kappa shape index (κ2) is 5.41. The molecule has 0 bridgehead atoms. The van der Waals surface area contributed by atoms with Crippen LogP contribution in [0.5, 0.6) is 11.5 Å². The maximum atomic E-state index is 10.6. The number of rotatable bonds is 4. The number of aromatic hydroxyl groups is 1. The number of halogens is 1. The molecule has 7 heteroatoms. The molecule has 1 heterocycles. The van der Waals surface area contributed by atoms with Gasteiger partial charge in [-0.15, -0.1) is 15.0 Å². The molecule has 1 aromatic heterocycles. The summed E-state index contributed by atoms with van der Waals surface area (Å²) < 4.78 is 5.11. The number of ether oxygens (including phenoxy) is 1. The van der Waals surface area contributed by atoms with Gasteiger partial charge in [0.05, 0.1) is 0 Å². The van der Waals surface area contributed by atoms with Gasteiger partial charge in [-0.25, -0.2) is 0 Å². The van der Waals surface area contributed by atoms with Crippen molar-refractivity contribution in [2.75, 3.05) is 6.61 Å². The monoisotopic (exact) mass is 303 g/mol. The Morgan fingerprint density at radius 2 is 1.86 bits per heavy atom. The third-order valence-corrected chi connectivity index (χ3v) is 2.91. The molecule has 0 aliphatic heterocycles. The number of nitrogens with zero attached hydrogens (tertiary/aromatic N) is 3. The maximum absolute atomic E-state index is 10.6. The molecule has 21 heavy (non-hydrogen) atoms. The molecule has 0 amide bonds. The molecule has 106 valence electrons. The van der Waals surface area contributed by atoms with E-state index >= 15 is 0 Å². The zero-order chi connectivity index (χ0) is 14.8. The van der Waals surface area contributed by atoms with E-state index in [2.05, 4.69) is 10.2 Å².